The predicted molar refractivity (Wildman–Crippen MR) is 287 cm³/mol. The van der Waals surface area contributed by atoms with Gasteiger partial charge in [0, 0.05) is 31.4 Å². The summed E-state index contributed by atoms with van der Waals surface area (Å²) in [5.74, 6) is -12.5. The fourth-order valence-corrected chi connectivity index (χ4v) is 9.03. The van der Waals surface area contributed by atoms with Gasteiger partial charge in [-0.3, -0.25) is 57.5 Å². The monoisotopic (exact) mass is 1100 g/mol. The van der Waals surface area contributed by atoms with E-state index in [1.807, 2.05) is 36.4 Å². The number of benzene rings is 4. The van der Waals surface area contributed by atoms with Crippen LogP contribution in [-0.2, 0) is 52.7 Å². The maximum Gasteiger partial charge on any atom is 0.303 e. The van der Waals surface area contributed by atoms with Gasteiger partial charge < -0.3 is 75.3 Å². The molecule has 8 atom stereocenters. The number of rotatable bonds is 20. The molecule has 0 bridgehead atoms. The van der Waals surface area contributed by atoms with Crippen LogP contribution in [0.3, 0.4) is 0 Å². The second-order valence-corrected chi connectivity index (χ2v) is 19.4. The van der Waals surface area contributed by atoms with E-state index in [0.29, 0.717) is 18.2 Å². The van der Waals surface area contributed by atoms with Crippen LogP contribution in [0.2, 0.25) is 0 Å². The van der Waals surface area contributed by atoms with E-state index in [1.165, 1.54) is 6.92 Å². The number of hydrogen-bond donors (Lipinski definition) is 14. The van der Waals surface area contributed by atoms with Crippen molar-refractivity contribution in [3.8, 4) is 0 Å². The molecule has 0 saturated carbocycles. The maximum absolute atomic E-state index is 14.5. The van der Waals surface area contributed by atoms with Gasteiger partial charge in [-0.25, -0.2) is 0 Å². The molecule has 10 amide bonds. The summed E-state index contributed by atoms with van der Waals surface area (Å²) in [4.78, 5) is 162. The van der Waals surface area contributed by atoms with Crippen LogP contribution in [0.15, 0.2) is 54.6 Å². The summed E-state index contributed by atoms with van der Waals surface area (Å²) in [6, 6.07) is 4.11. The molecule has 1 aliphatic heterocycles. The zero-order valence-corrected chi connectivity index (χ0v) is 43.9. The third-order valence-electron chi connectivity index (χ3n) is 13.4. The van der Waals surface area contributed by atoms with Crippen molar-refractivity contribution in [2.24, 2.45) is 17.2 Å². The first kappa shape index (κ1) is 61.3. The smallest absolute Gasteiger partial charge is 0.303 e. The first-order valence-electron chi connectivity index (χ1n) is 26.1. The number of unbranched alkanes of at least 4 members (excludes halogenated alkanes) is 2. The lowest BCUT2D eigenvalue weighted by molar-refractivity contribution is -0.139. The molecule has 4 aromatic carbocycles. The van der Waals surface area contributed by atoms with Gasteiger partial charge in [-0.1, -0.05) is 48.5 Å². The third kappa shape index (κ3) is 17.5. The Labute approximate surface area is 453 Å². The lowest BCUT2D eigenvalue weighted by atomic mass is 9.92. The average molecular weight is 1100 g/mol. The largest absolute Gasteiger partial charge is 0.481 e. The van der Waals surface area contributed by atoms with Gasteiger partial charge in [0.25, 0.3) is 5.91 Å². The van der Waals surface area contributed by atoms with Crippen molar-refractivity contribution in [2.45, 2.75) is 139 Å². The second kappa shape index (κ2) is 29.3. The van der Waals surface area contributed by atoms with Gasteiger partial charge in [-0.05, 0) is 123 Å². The van der Waals surface area contributed by atoms with Crippen molar-refractivity contribution >= 4 is 103 Å². The summed E-state index contributed by atoms with van der Waals surface area (Å²) in [6.45, 7) is 2.22. The summed E-state index contributed by atoms with van der Waals surface area (Å²) in [7, 11) is 0. The van der Waals surface area contributed by atoms with E-state index < -0.39 is 164 Å². The van der Waals surface area contributed by atoms with Gasteiger partial charge in [0.15, 0.2) is 0 Å². The fraction of sp³-hybridized carbons (Fsp3) is 0.472. The molecule has 426 valence electrons. The molecule has 0 aliphatic carbocycles. The number of aliphatic carboxylic acids is 2. The van der Waals surface area contributed by atoms with E-state index in [9.17, 15) is 67.7 Å². The quantitative estimate of drug-likeness (QED) is 0.0354. The molecule has 1 aliphatic rings. The van der Waals surface area contributed by atoms with Crippen LogP contribution in [0.1, 0.15) is 101 Å². The number of carboxylic acids is 2. The Balaban J connectivity index is 1.54. The number of carboxylic acid groups (broad SMARTS) is 2. The molecule has 1 saturated heterocycles. The number of carbonyl (C=O) groups is 12. The van der Waals surface area contributed by atoms with Crippen LogP contribution in [0.5, 0.6) is 0 Å². The Hall–Kier alpha value is -8.52. The standard InChI is InChI=1S/C53H70N12O14/c1-27-45(71)60-35(11-4-6-25-55)50(76)65-39(26-57-47(73)33-17-15-31-13-12-29-8-7-9-30-14-16-32(33)44(31)43(29)30)53(79)64-37(19-22-41(67)68)49(75)59-28(2)46(72)61-38(20-23-42(69)70)52(78)63-36(18-21-40(56)66)51(77)62-34(48(74)58-27)10-3-5-24-54/h7-9,12-17,27-28,34-39H,3-6,10-11,18-26,54-55H2,1-2H3,(H2,56,66)(H,57,73)(H,58,74)(H,59,75)(H,60,71)(H,61,72)(H,62,77)(H,63,78)(H,64,79)(H,65,76)(H,67,68)(H,69,70)/t27-,28-,34+,35+,36-,37+,38+,39-/m0/s1. The number of nitrogens with one attached hydrogen (secondary N) is 9. The van der Waals surface area contributed by atoms with E-state index in [2.05, 4.69) is 47.9 Å². The highest BCUT2D eigenvalue weighted by Gasteiger charge is 2.35. The fourth-order valence-electron chi connectivity index (χ4n) is 9.03. The van der Waals surface area contributed by atoms with Crippen LogP contribution in [-0.4, -0.2) is 149 Å². The number of nitrogens with two attached hydrogens (primary N) is 3. The van der Waals surface area contributed by atoms with Crippen molar-refractivity contribution in [3.63, 3.8) is 0 Å². The molecule has 1 heterocycles. The highest BCUT2D eigenvalue weighted by atomic mass is 16.4. The zero-order chi connectivity index (χ0) is 57.9. The predicted octanol–water partition coefficient (Wildman–Crippen LogP) is -1.50. The Morgan fingerprint density at radius 1 is 0.456 bits per heavy atom. The molecule has 0 spiro atoms. The topological polar surface area (TPSA) is 432 Å². The van der Waals surface area contributed by atoms with Crippen molar-refractivity contribution < 1.29 is 67.7 Å². The Kier molecular flexibility index (Phi) is 22.7. The van der Waals surface area contributed by atoms with E-state index in [4.69, 9.17) is 17.2 Å². The summed E-state index contributed by atoms with van der Waals surface area (Å²) in [5, 5.41) is 46.6. The molecule has 26 nitrogen and oxygen atoms in total. The minimum atomic E-state index is -1.74. The molecule has 79 heavy (non-hydrogen) atoms. The van der Waals surface area contributed by atoms with Gasteiger partial charge in [0.1, 0.15) is 48.3 Å². The highest BCUT2D eigenvalue weighted by Crippen LogP contribution is 2.36. The van der Waals surface area contributed by atoms with Gasteiger partial charge in [0.2, 0.25) is 53.2 Å². The van der Waals surface area contributed by atoms with Crippen molar-refractivity contribution in [1.29, 1.82) is 0 Å². The van der Waals surface area contributed by atoms with Gasteiger partial charge in [0.05, 0.1) is 0 Å². The minimum Gasteiger partial charge on any atom is -0.481 e. The van der Waals surface area contributed by atoms with Crippen LogP contribution in [0, 0.1) is 0 Å². The van der Waals surface area contributed by atoms with E-state index in [0.717, 1.165) is 33.9 Å². The van der Waals surface area contributed by atoms with E-state index in [1.54, 1.807) is 18.2 Å². The third-order valence-corrected chi connectivity index (χ3v) is 13.4. The highest BCUT2D eigenvalue weighted by molar-refractivity contribution is 6.26. The number of carbonyl (C=O) groups excluding carboxylic acids is 10. The minimum absolute atomic E-state index is 0.0432. The molecule has 0 radical (unpaired) electrons. The van der Waals surface area contributed by atoms with Crippen LogP contribution < -0.4 is 65.1 Å². The van der Waals surface area contributed by atoms with Gasteiger partial charge in [-0.15, -0.1) is 0 Å². The number of primary amides is 1. The molecule has 0 unspecified atom stereocenters. The average Bonchev–Trinajstić information content (AvgIpc) is 3.52. The normalized spacial score (nSPS) is 22.5. The Bertz CT molecular complexity index is 2900. The molecular weight excluding hydrogens is 1030 g/mol. The maximum atomic E-state index is 14.5. The molecule has 5 rings (SSSR count). The summed E-state index contributed by atoms with van der Waals surface area (Å²) >= 11 is 0. The molecule has 4 aromatic rings. The summed E-state index contributed by atoms with van der Waals surface area (Å²) < 4.78 is 0. The Morgan fingerprint density at radius 3 is 1.27 bits per heavy atom. The number of hydrogen-bond acceptors (Lipinski definition) is 14. The molecule has 0 aromatic heterocycles. The van der Waals surface area contributed by atoms with Crippen molar-refractivity contribution in [2.75, 3.05) is 19.6 Å². The first-order chi connectivity index (χ1) is 37.6. The van der Waals surface area contributed by atoms with Crippen LogP contribution in [0.25, 0.3) is 32.3 Å². The van der Waals surface area contributed by atoms with E-state index in [-0.39, 0.29) is 44.3 Å². The number of amides is 10. The molecular formula is C53H70N12O14. The van der Waals surface area contributed by atoms with Crippen LogP contribution in [0.4, 0.5) is 0 Å². The van der Waals surface area contributed by atoms with Crippen molar-refractivity contribution in [1.82, 2.24) is 47.9 Å². The SMILES string of the molecule is C[C@@H]1NC(=O)[C@@H](CCCCN)NC(=O)[C@H](CCC(N)=O)NC(=O)[C@@H](CCC(=O)O)NC(=O)[C@H](C)NC(=O)[C@@H](CCC(=O)O)NC(=O)[C@H](CNC(=O)c2ccc3ccc4cccc5ccc2c3c45)NC(=O)[C@@H](CCCCN)NC1=O. The molecule has 26 heteroatoms. The van der Waals surface area contributed by atoms with E-state index >= 15 is 0 Å². The lowest BCUT2D eigenvalue weighted by Gasteiger charge is -2.28. The summed E-state index contributed by atoms with van der Waals surface area (Å²) in [5.41, 5.74) is 17.0. The van der Waals surface area contributed by atoms with Crippen LogP contribution >= 0.6 is 0 Å². The molecule has 17 N–H and O–H groups in total. The zero-order valence-electron chi connectivity index (χ0n) is 43.9. The summed E-state index contributed by atoms with van der Waals surface area (Å²) in [6.07, 6.45) is -2.21. The van der Waals surface area contributed by atoms with Gasteiger partial charge in [-0.2, -0.15) is 0 Å². The first-order valence-corrected chi connectivity index (χ1v) is 26.1. The lowest BCUT2D eigenvalue weighted by Crippen LogP contribution is -2.62. The molecule has 1 fully saturated rings. The Morgan fingerprint density at radius 2 is 0.823 bits per heavy atom. The van der Waals surface area contributed by atoms with Crippen molar-refractivity contribution in [3.05, 3.63) is 60.2 Å². The van der Waals surface area contributed by atoms with Gasteiger partial charge >= 0.3 is 11.9 Å². The second-order valence-electron chi connectivity index (χ2n) is 19.4.